The average Bonchev–Trinajstić information content (AvgIpc) is 3.02. The number of nitrogens with zero attached hydrogens (tertiary/aromatic N) is 4. The summed E-state index contributed by atoms with van der Waals surface area (Å²) >= 11 is 6.03. The van der Waals surface area contributed by atoms with Gasteiger partial charge < -0.3 is 19.7 Å². The lowest BCUT2D eigenvalue weighted by Crippen LogP contribution is -2.37. The SMILES string of the molecule is CC(Nc1nc(Cl)nc(N2CCOCC2)n1)C1CCOC1. The number of ether oxygens (including phenoxy) is 2. The third-order valence-electron chi connectivity index (χ3n) is 3.92. The molecule has 2 atom stereocenters. The Bertz CT molecular complexity index is 478. The third kappa shape index (κ3) is 3.72. The van der Waals surface area contributed by atoms with Crippen LogP contribution in [0.25, 0.3) is 0 Å². The minimum absolute atomic E-state index is 0.212. The molecule has 0 aromatic carbocycles. The van der Waals surface area contributed by atoms with E-state index in [-0.39, 0.29) is 11.3 Å². The molecule has 2 fully saturated rings. The summed E-state index contributed by atoms with van der Waals surface area (Å²) in [6.07, 6.45) is 1.06. The van der Waals surface area contributed by atoms with Crippen molar-refractivity contribution in [2.45, 2.75) is 19.4 Å². The van der Waals surface area contributed by atoms with Crippen molar-refractivity contribution in [1.29, 1.82) is 0 Å². The van der Waals surface area contributed by atoms with Crippen molar-refractivity contribution >= 4 is 23.5 Å². The van der Waals surface area contributed by atoms with Crippen molar-refractivity contribution in [1.82, 2.24) is 15.0 Å². The van der Waals surface area contributed by atoms with E-state index in [0.717, 1.165) is 32.7 Å². The van der Waals surface area contributed by atoms with E-state index in [1.54, 1.807) is 0 Å². The van der Waals surface area contributed by atoms with Gasteiger partial charge in [0.2, 0.25) is 17.2 Å². The van der Waals surface area contributed by atoms with Gasteiger partial charge in [0.25, 0.3) is 0 Å². The Morgan fingerprint density at radius 3 is 2.71 bits per heavy atom. The first-order chi connectivity index (χ1) is 10.2. The Morgan fingerprint density at radius 2 is 2.00 bits per heavy atom. The smallest absolute Gasteiger partial charge is 0.231 e. The molecule has 1 N–H and O–H groups in total. The first-order valence-electron chi connectivity index (χ1n) is 7.31. The molecule has 0 saturated carbocycles. The molecule has 2 saturated heterocycles. The van der Waals surface area contributed by atoms with Crippen LogP contribution in [-0.4, -0.2) is 60.5 Å². The van der Waals surface area contributed by atoms with E-state index in [4.69, 9.17) is 21.1 Å². The first-order valence-corrected chi connectivity index (χ1v) is 7.69. The maximum absolute atomic E-state index is 6.03. The van der Waals surface area contributed by atoms with Gasteiger partial charge in [-0.25, -0.2) is 0 Å². The quantitative estimate of drug-likeness (QED) is 0.895. The van der Waals surface area contributed by atoms with Crippen molar-refractivity contribution in [2.75, 3.05) is 49.7 Å². The van der Waals surface area contributed by atoms with Gasteiger partial charge in [0, 0.05) is 31.7 Å². The summed E-state index contributed by atoms with van der Waals surface area (Å²) in [5, 5.41) is 3.53. The lowest BCUT2D eigenvalue weighted by Gasteiger charge is -2.27. The van der Waals surface area contributed by atoms with Gasteiger partial charge in [-0.15, -0.1) is 0 Å². The van der Waals surface area contributed by atoms with E-state index in [2.05, 4.69) is 32.1 Å². The molecule has 0 spiro atoms. The van der Waals surface area contributed by atoms with E-state index in [9.17, 15) is 0 Å². The van der Waals surface area contributed by atoms with Crippen molar-refractivity contribution in [3.63, 3.8) is 0 Å². The van der Waals surface area contributed by atoms with Crippen LogP contribution >= 0.6 is 11.6 Å². The van der Waals surface area contributed by atoms with Gasteiger partial charge in [-0.05, 0) is 24.9 Å². The largest absolute Gasteiger partial charge is 0.381 e. The highest BCUT2D eigenvalue weighted by molar-refractivity contribution is 6.28. The van der Waals surface area contributed by atoms with E-state index in [1.165, 1.54) is 0 Å². The van der Waals surface area contributed by atoms with E-state index in [1.807, 2.05) is 0 Å². The molecule has 0 aliphatic carbocycles. The predicted molar refractivity (Wildman–Crippen MR) is 79.9 cm³/mol. The lowest BCUT2D eigenvalue weighted by molar-refractivity contribution is 0.122. The molecule has 116 valence electrons. The fraction of sp³-hybridized carbons (Fsp3) is 0.769. The maximum Gasteiger partial charge on any atom is 0.231 e. The monoisotopic (exact) mass is 313 g/mol. The molecule has 8 heteroatoms. The van der Waals surface area contributed by atoms with E-state index < -0.39 is 0 Å². The zero-order valence-electron chi connectivity index (χ0n) is 12.1. The first kappa shape index (κ1) is 14.7. The Hall–Kier alpha value is -1.18. The van der Waals surface area contributed by atoms with Crippen LogP contribution in [0.5, 0.6) is 0 Å². The maximum atomic E-state index is 6.03. The van der Waals surface area contributed by atoms with Gasteiger partial charge in [-0.2, -0.15) is 15.0 Å². The summed E-state index contributed by atoms with van der Waals surface area (Å²) < 4.78 is 10.8. The minimum atomic E-state index is 0.212. The summed E-state index contributed by atoms with van der Waals surface area (Å²) in [5.41, 5.74) is 0. The number of hydrogen-bond acceptors (Lipinski definition) is 7. The van der Waals surface area contributed by atoms with Gasteiger partial charge in [0.1, 0.15) is 0 Å². The topological polar surface area (TPSA) is 72.4 Å². The molecular weight excluding hydrogens is 294 g/mol. The molecule has 3 heterocycles. The van der Waals surface area contributed by atoms with Crippen LogP contribution in [-0.2, 0) is 9.47 Å². The third-order valence-corrected chi connectivity index (χ3v) is 4.09. The normalized spacial score (nSPS) is 24.1. The summed E-state index contributed by atoms with van der Waals surface area (Å²) in [4.78, 5) is 14.9. The van der Waals surface area contributed by atoms with Crippen molar-refractivity contribution in [3.8, 4) is 0 Å². The number of rotatable bonds is 4. The van der Waals surface area contributed by atoms with Crippen LogP contribution in [0.3, 0.4) is 0 Å². The second-order valence-electron chi connectivity index (χ2n) is 5.38. The Balaban J connectivity index is 1.70. The Morgan fingerprint density at radius 1 is 1.19 bits per heavy atom. The number of nitrogens with one attached hydrogen (secondary N) is 1. The van der Waals surface area contributed by atoms with Crippen molar-refractivity contribution in [3.05, 3.63) is 5.28 Å². The Labute approximate surface area is 129 Å². The molecule has 3 rings (SSSR count). The molecule has 1 aromatic heterocycles. The molecule has 2 aliphatic rings. The molecule has 0 radical (unpaired) electrons. The molecule has 0 amide bonds. The fourth-order valence-electron chi connectivity index (χ4n) is 2.58. The fourth-order valence-corrected chi connectivity index (χ4v) is 2.73. The zero-order chi connectivity index (χ0) is 14.7. The standard InChI is InChI=1S/C13H20ClN5O2/c1-9(10-2-5-21-8-10)15-12-16-11(14)17-13(18-12)19-3-6-20-7-4-19/h9-10H,2-8H2,1H3,(H,15,16,17,18). The van der Waals surface area contributed by atoms with Crippen LogP contribution in [0.15, 0.2) is 0 Å². The van der Waals surface area contributed by atoms with Crippen molar-refractivity contribution in [2.24, 2.45) is 5.92 Å². The minimum Gasteiger partial charge on any atom is -0.381 e. The highest BCUT2D eigenvalue weighted by atomic mass is 35.5. The molecule has 7 nitrogen and oxygen atoms in total. The summed E-state index contributed by atoms with van der Waals surface area (Å²) in [5.74, 6) is 1.61. The molecule has 21 heavy (non-hydrogen) atoms. The van der Waals surface area contributed by atoms with Crippen LogP contribution in [0.4, 0.5) is 11.9 Å². The van der Waals surface area contributed by atoms with E-state index in [0.29, 0.717) is 31.0 Å². The van der Waals surface area contributed by atoms with Gasteiger partial charge in [-0.3, -0.25) is 0 Å². The number of halogens is 1. The zero-order valence-corrected chi connectivity index (χ0v) is 12.8. The van der Waals surface area contributed by atoms with Crippen LogP contribution < -0.4 is 10.2 Å². The second kappa shape index (κ2) is 6.72. The van der Waals surface area contributed by atoms with E-state index >= 15 is 0 Å². The summed E-state index contributed by atoms with van der Waals surface area (Å²) in [7, 11) is 0. The molecular formula is C13H20ClN5O2. The molecule has 1 aromatic rings. The highest BCUT2D eigenvalue weighted by Gasteiger charge is 2.23. The highest BCUT2D eigenvalue weighted by Crippen LogP contribution is 2.20. The molecule has 2 aliphatic heterocycles. The Kier molecular flexibility index (Phi) is 4.72. The molecule has 0 bridgehead atoms. The van der Waals surface area contributed by atoms with Gasteiger partial charge in [-0.1, -0.05) is 0 Å². The number of anilines is 2. The second-order valence-corrected chi connectivity index (χ2v) is 5.72. The summed E-state index contributed by atoms with van der Waals surface area (Å²) in [6, 6.07) is 0.239. The van der Waals surface area contributed by atoms with Crippen LogP contribution in [0.1, 0.15) is 13.3 Å². The van der Waals surface area contributed by atoms with Gasteiger partial charge in [0.15, 0.2) is 0 Å². The predicted octanol–water partition coefficient (Wildman–Crippen LogP) is 1.20. The van der Waals surface area contributed by atoms with Gasteiger partial charge >= 0.3 is 0 Å². The average molecular weight is 314 g/mol. The van der Waals surface area contributed by atoms with Crippen LogP contribution in [0, 0.1) is 5.92 Å². The number of aromatic nitrogens is 3. The van der Waals surface area contributed by atoms with Gasteiger partial charge in [0.05, 0.1) is 19.8 Å². The summed E-state index contributed by atoms with van der Waals surface area (Å²) in [6.45, 7) is 6.63. The van der Waals surface area contributed by atoms with Crippen molar-refractivity contribution < 1.29 is 9.47 Å². The van der Waals surface area contributed by atoms with Crippen LogP contribution in [0.2, 0.25) is 5.28 Å². The lowest BCUT2D eigenvalue weighted by atomic mass is 10.0. The number of hydrogen-bond donors (Lipinski definition) is 1. The molecule has 2 unspecified atom stereocenters. The number of morpholine rings is 1.